The van der Waals surface area contributed by atoms with Crippen molar-refractivity contribution < 1.29 is 13.7 Å². The molecule has 2 heterocycles. The molecule has 4 heteroatoms. The highest BCUT2D eigenvalue weighted by molar-refractivity contribution is 6.62. The Balaban J connectivity index is 1.43. The van der Waals surface area contributed by atoms with Crippen molar-refractivity contribution in [3.63, 3.8) is 0 Å². The second-order valence-electron chi connectivity index (χ2n) is 9.69. The average molecular weight is 420 g/mol. The third-order valence-corrected chi connectivity index (χ3v) is 7.11. The Morgan fingerprint density at radius 2 is 1.38 bits per heavy atom. The first-order valence-electron chi connectivity index (χ1n) is 11.1. The minimum absolute atomic E-state index is 0.358. The van der Waals surface area contributed by atoms with Gasteiger partial charge in [0.05, 0.1) is 11.2 Å². The maximum atomic E-state index is 6.26. The number of furan rings is 1. The summed E-state index contributed by atoms with van der Waals surface area (Å²) >= 11 is 0. The molecule has 158 valence electrons. The van der Waals surface area contributed by atoms with E-state index < -0.39 is 0 Å². The standard InChI is InChI=1S/C28H25BO3/c1-27(2)28(3,4)32-29(31-27)21-10-7-9-19(16-21)20-12-14-23-25(17-20)30-24-15-13-18-8-5-6-11-22(18)26(23)24/h5-17H,1-4H3. The molecular weight excluding hydrogens is 395 g/mol. The summed E-state index contributed by atoms with van der Waals surface area (Å²) in [4.78, 5) is 0. The third kappa shape index (κ3) is 2.91. The number of rotatable bonds is 2. The van der Waals surface area contributed by atoms with Gasteiger partial charge in [0.1, 0.15) is 11.2 Å². The van der Waals surface area contributed by atoms with Gasteiger partial charge in [-0.25, -0.2) is 0 Å². The Morgan fingerprint density at radius 3 is 2.19 bits per heavy atom. The van der Waals surface area contributed by atoms with Crippen LogP contribution in [0.1, 0.15) is 27.7 Å². The molecule has 0 saturated carbocycles. The molecule has 1 fully saturated rings. The van der Waals surface area contributed by atoms with E-state index in [-0.39, 0.29) is 18.3 Å². The van der Waals surface area contributed by atoms with E-state index in [1.807, 2.05) is 0 Å². The van der Waals surface area contributed by atoms with E-state index in [2.05, 4.69) is 107 Å². The highest BCUT2D eigenvalue weighted by Crippen LogP contribution is 2.38. The lowest BCUT2D eigenvalue weighted by molar-refractivity contribution is 0.00578. The van der Waals surface area contributed by atoms with Crippen LogP contribution in [-0.4, -0.2) is 18.3 Å². The van der Waals surface area contributed by atoms with Crippen molar-refractivity contribution in [1.82, 2.24) is 0 Å². The van der Waals surface area contributed by atoms with Crippen LogP contribution in [-0.2, 0) is 9.31 Å². The normalized spacial score (nSPS) is 17.6. The second-order valence-corrected chi connectivity index (χ2v) is 9.69. The molecule has 1 saturated heterocycles. The van der Waals surface area contributed by atoms with Crippen molar-refractivity contribution in [1.29, 1.82) is 0 Å². The lowest BCUT2D eigenvalue weighted by atomic mass is 9.78. The predicted molar refractivity (Wildman–Crippen MR) is 132 cm³/mol. The molecule has 0 amide bonds. The van der Waals surface area contributed by atoms with Crippen molar-refractivity contribution in [3.8, 4) is 11.1 Å². The monoisotopic (exact) mass is 420 g/mol. The lowest BCUT2D eigenvalue weighted by Gasteiger charge is -2.32. The molecule has 4 aromatic carbocycles. The van der Waals surface area contributed by atoms with Gasteiger partial charge in [-0.2, -0.15) is 0 Å². The molecule has 0 radical (unpaired) electrons. The van der Waals surface area contributed by atoms with E-state index in [4.69, 9.17) is 13.7 Å². The van der Waals surface area contributed by atoms with E-state index >= 15 is 0 Å². The summed E-state index contributed by atoms with van der Waals surface area (Å²) in [7, 11) is -0.374. The quantitative estimate of drug-likeness (QED) is 0.298. The highest BCUT2D eigenvalue weighted by atomic mass is 16.7. The van der Waals surface area contributed by atoms with E-state index in [1.165, 1.54) is 16.2 Å². The summed E-state index contributed by atoms with van der Waals surface area (Å²) in [6, 6.07) is 27.5. The van der Waals surface area contributed by atoms with Crippen LogP contribution in [0.2, 0.25) is 0 Å². The van der Waals surface area contributed by atoms with E-state index in [0.29, 0.717) is 0 Å². The SMILES string of the molecule is CC1(C)OB(c2cccc(-c3ccc4c(c3)oc3ccc5ccccc5c34)c2)OC1(C)C. The minimum atomic E-state index is -0.374. The zero-order valence-corrected chi connectivity index (χ0v) is 18.8. The average Bonchev–Trinajstić information content (AvgIpc) is 3.26. The molecule has 0 N–H and O–H groups in total. The van der Waals surface area contributed by atoms with E-state index in [9.17, 15) is 0 Å². The van der Waals surface area contributed by atoms with Crippen molar-refractivity contribution in [2.45, 2.75) is 38.9 Å². The Hall–Kier alpha value is -3.08. The van der Waals surface area contributed by atoms with Gasteiger partial charge in [-0.05, 0) is 73.3 Å². The van der Waals surface area contributed by atoms with Crippen molar-refractivity contribution in [2.75, 3.05) is 0 Å². The van der Waals surface area contributed by atoms with Gasteiger partial charge in [-0.1, -0.05) is 60.7 Å². The number of hydrogen-bond donors (Lipinski definition) is 0. The summed E-state index contributed by atoms with van der Waals surface area (Å²) in [5, 5.41) is 4.76. The second kappa shape index (κ2) is 6.71. The molecule has 1 aromatic heterocycles. The Morgan fingerprint density at radius 1 is 0.625 bits per heavy atom. The molecule has 32 heavy (non-hydrogen) atoms. The number of fused-ring (bicyclic) bond motifs is 5. The largest absolute Gasteiger partial charge is 0.494 e. The zero-order valence-electron chi connectivity index (χ0n) is 18.8. The molecule has 6 rings (SSSR count). The first kappa shape index (κ1) is 19.6. The molecule has 0 unspecified atom stereocenters. The molecule has 3 nitrogen and oxygen atoms in total. The molecular formula is C28H25BO3. The van der Waals surface area contributed by atoms with Crippen molar-refractivity contribution in [3.05, 3.63) is 78.9 Å². The number of hydrogen-bond acceptors (Lipinski definition) is 3. The molecule has 1 aliphatic rings. The van der Waals surface area contributed by atoms with Crippen LogP contribution in [0.4, 0.5) is 0 Å². The van der Waals surface area contributed by atoms with Crippen LogP contribution < -0.4 is 5.46 Å². The van der Waals surface area contributed by atoms with Crippen LogP contribution in [0.15, 0.2) is 83.3 Å². The maximum absolute atomic E-state index is 6.26. The van der Waals surface area contributed by atoms with Crippen LogP contribution >= 0.6 is 0 Å². The summed E-state index contributed by atoms with van der Waals surface area (Å²) in [5.41, 5.74) is 4.35. The summed E-state index contributed by atoms with van der Waals surface area (Å²) in [6.45, 7) is 8.32. The Labute approximate surface area is 188 Å². The lowest BCUT2D eigenvalue weighted by Crippen LogP contribution is -2.41. The van der Waals surface area contributed by atoms with Gasteiger partial charge >= 0.3 is 7.12 Å². The van der Waals surface area contributed by atoms with E-state index in [0.717, 1.165) is 33.1 Å². The van der Waals surface area contributed by atoms with Gasteiger partial charge in [-0.15, -0.1) is 0 Å². The molecule has 0 spiro atoms. The first-order chi connectivity index (χ1) is 15.3. The van der Waals surface area contributed by atoms with Crippen molar-refractivity contribution in [2.24, 2.45) is 0 Å². The topological polar surface area (TPSA) is 31.6 Å². The van der Waals surface area contributed by atoms with Crippen LogP contribution in [0.5, 0.6) is 0 Å². The van der Waals surface area contributed by atoms with E-state index in [1.54, 1.807) is 0 Å². The third-order valence-electron chi connectivity index (χ3n) is 7.11. The number of benzene rings is 4. The van der Waals surface area contributed by atoms with Gasteiger partial charge in [0.2, 0.25) is 0 Å². The van der Waals surface area contributed by atoms with Crippen LogP contribution in [0.3, 0.4) is 0 Å². The fourth-order valence-corrected chi connectivity index (χ4v) is 4.57. The smallest absolute Gasteiger partial charge is 0.456 e. The van der Waals surface area contributed by atoms with Gasteiger partial charge in [0, 0.05) is 10.8 Å². The fourth-order valence-electron chi connectivity index (χ4n) is 4.57. The Kier molecular flexibility index (Phi) is 4.11. The van der Waals surface area contributed by atoms with Gasteiger partial charge in [0.25, 0.3) is 0 Å². The van der Waals surface area contributed by atoms with Gasteiger partial charge < -0.3 is 13.7 Å². The summed E-state index contributed by atoms with van der Waals surface area (Å²) in [6.07, 6.45) is 0. The molecule has 0 atom stereocenters. The molecule has 1 aliphatic heterocycles. The minimum Gasteiger partial charge on any atom is -0.456 e. The summed E-state index contributed by atoms with van der Waals surface area (Å²) in [5.74, 6) is 0. The van der Waals surface area contributed by atoms with Gasteiger partial charge in [0.15, 0.2) is 0 Å². The maximum Gasteiger partial charge on any atom is 0.494 e. The van der Waals surface area contributed by atoms with Crippen LogP contribution in [0, 0.1) is 0 Å². The molecule has 0 aliphatic carbocycles. The van der Waals surface area contributed by atoms with Crippen molar-refractivity contribution >= 4 is 45.3 Å². The first-order valence-corrected chi connectivity index (χ1v) is 11.1. The summed E-state index contributed by atoms with van der Waals surface area (Å²) < 4.78 is 18.8. The van der Waals surface area contributed by atoms with Crippen LogP contribution in [0.25, 0.3) is 43.8 Å². The molecule has 5 aromatic rings. The Bertz CT molecular complexity index is 1480. The zero-order chi connectivity index (χ0) is 22.1. The highest BCUT2D eigenvalue weighted by Gasteiger charge is 2.51. The van der Waals surface area contributed by atoms with Gasteiger partial charge in [-0.3, -0.25) is 0 Å². The molecule has 0 bridgehead atoms. The fraction of sp³-hybridized carbons (Fsp3) is 0.214. The predicted octanol–water partition coefficient (Wildman–Crippen LogP) is 6.71.